The topological polar surface area (TPSA) is 42.0 Å². The Morgan fingerprint density at radius 3 is 1.19 bits per heavy atom. The van der Waals surface area contributed by atoms with Gasteiger partial charge in [0.2, 0.25) is 0 Å². The van der Waals surface area contributed by atoms with E-state index in [1.807, 2.05) is 0 Å². The summed E-state index contributed by atoms with van der Waals surface area (Å²) in [4.78, 5) is 4.77. The molecule has 388 valence electrons. The summed E-state index contributed by atoms with van der Waals surface area (Å²) in [5.41, 5.74) is 17.2. The molecule has 0 fully saturated rings. The lowest BCUT2D eigenvalue weighted by Crippen LogP contribution is -2.29. The number of hydrogen-bond acceptors (Lipinski definition) is 5. The summed E-state index contributed by atoms with van der Waals surface area (Å²) in [6, 6.07) is 91.5. The minimum absolute atomic E-state index is 0.0217. The summed E-state index contributed by atoms with van der Waals surface area (Å²) >= 11 is 0. The van der Waals surface area contributed by atoms with E-state index in [-0.39, 0.29) is 10.8 Å². The van der Waals surface area contributed by atoms with Crippen molar-refractivity contribution in [1.82, 2.24) is 0 Å². The van der Waals surface area contributed by atoms with Gasteiger partial charge in [0, 0.05) is 50.0 Å². The van der Waals surface area contributed by atoms with Crippen molar-refractivity contribution in [3.63, 3.8) is 0 Å². The van der Waals surface area contributed by atoms with Crippen molar-refractivity contribution in [3.05, 3.63) is 288 Å². The molecule has 11 aromatic carbocycles. The average molecular weight is 1040 g/mol. The molecule has 0 saturated heterocycles. The Morgan fingerprint density at radius 2 is 0.713 bits per heavy atom. The van der Waals surface area contributed by atoms with Gasteiger partial charge in [0.15, 0.2) is 5.58 Å². The van der Waals surface area contributed by atoms with Crippen LogP contribution in [0.4, 0.5) is 34.1 Å². The van der Waals surface area contributed by atoms with E-state index in [9.17, 15) is 0 Å². The number of furan rings is 2. The zero-order valence-corrected chi connectivity index (χ0v) is 45.9. The fourth-order valence-corrected chi connectivity index (χ4v) is 12.5. The Kier molecular flexibility index (Phi) is 11.5. The van der Waals surface area contributed by atoms with Gasteiger partial charge in [-0.15, -0.1) is 0 Å². The molecule has 14 rings (SSSR count). The van der Waals surface area contributed by atoms with Gasteiger partial charge in [-0.3, -0.25) is 0 Å². The summed E-state index contributed by atoms with van der Waals surface area (Å²) < 4.78 is 21.6. The molecule has 5 heteroatoms. The number of nitrogens with zero attached hydrogens (tertiary/aromatic N) is 2. The summed E-state index contributed by atoms with van der Waals surface area (Å²) in [6.07, 6.45) is 0. The van der Waals surface area contributed by atoms with Crippen LogP contribution in [0.1, 0.15) is 74.9 Å². The Labute approximate surface area is 467 Å². The molecule has 2 heterocycles. The first kappa shape index (κ1) is 48.8. The molecule has 0 bridgehead atoms. The second-order valence-electron chi connectivity index (χ2n) is 23.2. The van der Waals surface area contributed by atoms with Crippen LogP contribution < -0.4 is 14.5 Å². The standard InChI is InChI=1S/C75H60N2O3/c1-73(2,3)49-35-37-51(38-36-49)75(52-41-45-58(46-42-52)78-57-43-39-50(40-44-57)74(4,5)6)61-48-64(77(55-27-15-9-16-28-55)56-29-17-10-18-30-56)71-68(60-32-20-22-34-66(60)79-71)69(61)70-62(75)47-63(67-59-31-19-21-33-65(59)80-72(67)70)76(53-23-11-7-12-24-53)54-25-13-8-14-26-54/h7-48H,1-6H3. The fourth-order valence-electron chi connectivity index (χ4n) is 12.5. The zero-order valence-electron chi connectivity index (χ0n) is 45.9. The van der Waals surface area contributed by atoms with Gasteiger partial charge in [-0.2, -0.15) is 0 Å². The Balaban J connectivity index is 1.17. The molecule has 0 aliphatic heterocycles. The lowest BCUT2D eigenvalue weighted by Gasteiger charge is -2.36. The van der Waals surface area contributed by atoms with Crippen LogP contribution in [0.5, 0.6) is 11.5 Å². The second kappa shape index (κ2) is 18.8. The third kappa shape index (κ3) is 7.90. The zero-order chi connectivity index (χ0) is 54.3. The van der Waals surface area contributed by atoms with Gasteiger partial charge in [0.25, 0.3) is 0 Å². The minimum Gasteiger partial charge on any atom is -0.457 e. The number of rotatable bonds is 10. The maximum atomic E-state index is 7.52. The van der Waals surface area contributed by atoms with Gasteiger partial charge in [-0.1, -0.05) is 199 Å². The van der Waals surface area contributed by atoms with Gasteiger partial charge < -0.3 is 23.4 Å². The molecule has 1 aliphatic rings. The summed E-state index contributed by atoms with van der Waals surface area (Å²) in [6.45, 7) is 13.6. The van der Waals surface area contributed by atoms with Gasteiger partial charge in [0.05, 0.1) is 22.2 Å². The van der Waals surface area contributed by atoms with E-state index in [2.05, 4.69) is 306 Å². The van der Waals surface area contributed by atoms with Crippen molar-refractivity contribution in [2.75, 3.05) is 9.80 Å². The molecule has 1 aliphatic carbocycles. The number of hydrogen-bond donors (Lipinski definition) is 0. The Hall–Kier alpha value is -9.58. The van der Waals surface area contributed by atoms with Crippen LogP contribution in [-0.4, -0.2) is 0 Å². The quantitative estimate of drug-likeness (QED) is 0.137. The molecular formula is C75H60N2O3. The molecule has 5 nitrogen and oxygen atoms in total. The molecule has 0 spiro atoms. The van der Waals surface area contributed by atoms with Gasteiger partial charge >= 0.3 is 0 Å². The van der Waals surface area contributed by atoms with Crippen molar-refractivity contribution in [2.45, 2.75) is 57.8 Å². The summed E-state index contributed by atoms with van der Waals surface area (Å²) in [5.74, 6) is 1.53. The van der Waals surface area contributed by atoms with Crippen LogP contribution in [0.2, 0.25) is 0 Å². The van der Waals surface area contributed by atoms with Gasteiger partial charge in [-0.25, -0.2) is 0 Å². The maximum absolute atomic E-state index is 7.52. The summed E-state index contributed by atoms with van der Waals surface area (Å²) in [7, 11) is 0. The Bertz CT molecular complexity index is 4340. The average Bonchev–Trinajstić information content (AvgIpc) is 2.26. The fraction of sp³-hybridized carbons (Fsp3) is 0.120. The normalized spacial score (nSPS) is 14.2. The molecule has 80 heavy (non-hydrogen) atoms. The molecule has 0 radical (unpaired) electrons. The van der Waals surface area contributed by atoms with E-state index >= 15 is 0 Å². The molecule has 0 saturated carbocycles. The van der Waals surface area contributed by atoms with Crippen molar-refractivity contribution < 1.29 is 13.6 Å². The number of benzene rings is 11. The first-order chi connectivity index (χ1) is 38.9. The number of para-hydroxylation sites is 6. The van der Waals surface area contributed by atoms with Crippen LogP contribution in [0.15, 0.2) is 264 Å². The lowest BCUT2D eigenvalue weighted by molar-refractivity contribution is 0.481. The highest BCUT2D eigenvalue weighted by molar-refractivity contribution is 6.26. The highest BCUT2D eigenvalue weighted by atomic mass is 16.5. The van der Waals surface area contributed by atoms with E-state index in [1.54, 1.807) is 0 Å². The highest BCUT2D eigenvalue weighted by Crippen LogP contribution is 2.64. The predicted molar refractivity (Wildman–Crippen MR) is 332 cm³/mol. The first-order valence-electron chi connectivity index (χ1n) is 27.7. The predicted octanol–water partition coefficient (Wildman–Crippen LogP) is 21.2. The maximum Gasteiger partial charge on any atom is 0.160 e. The molecule has 1 unspecified atom stereocenters. The van der Waals surface area contributed by atoms with Crippen LogP contribution in [0, 0.1) is 0 Å². The lowest BCUT2D eigenvalue weighted by atomic mass is 9.67. The van der Waals surface area contributed by atoms with E-state index in [4.69, 9.17) is 13.6 Å². The molecule has 0 N–H and O–H groups in total. The molecular weight excluding hydrogens is 977 g/mol. The monoisotopic (exact) mass is 1040 g/mol. The van der Waals surface area contributed by atoms with Crippen molar-refractivity contribution >= 4 is 78.0 Å². The van der Waals surface area contributed by atoms with Gasteiger partial charge in [0.1, 0.15) is 28.2 Å². The van der Waals surface area contributed by atoms with E-state index < -0.39 is 5.41 Å². The Morgan fingerprint density at radius 1 is 0.350 bits per heavy atom. The van der Waals surface area contributed by atoms with Crippen LogP contribution in [0.3, 0.4) is 0 Å². The number of ether oxygens (including phenoxy) is 1. The molecule has 0 amide bonds. The smallest absolute Gasteiger partial charge is 0.160 e. The first-order valence-corrected chi connectivity index (χ1v) is 27.7. The third-order valence-electron chi connectivity index (χ3n) is 16.3. The minimum atomic E-state index is -0.977. The van der Waals surface area contributed by atoms with Crippen molar-refractivity contribution in [1.29, 1.82) is 0 Å². The highest BCUT2D eigenvalue weighted by Gasteiger charge is 2.51. The van der Waals surface area contributed by atoms with E-state index in [0.29, 0.717) is 0 Å². The molecule has 1 atom stereocenters. The van der Waals surface area contributed by atoms with Crippen molar-refractivity contribution in [3.8, 4) is 22.6 Å². The van der Waals surface area contributed by atoms with E-state index in [1.165, 1.54) is 11.1 Å². The van der Waals surface area contributed by atoms with Crippen LogP contribution >= 0.6 is 0 Å². The van der Waals surface area contributed by atoms with E-state index in [0.717, 1.165) is 123 Å². The third-order valence-corrected chi connectivity index (χ3v) is 16.3. The molecule has 2 aromatic heterocycles. The van der Waals surface area contributed by atoms with Crippen molar-refractivity contribution in [2.24, 2.45) is 0 Å². The second-order valence-corrected chi connectivity index (χ2v) is 23.2. The summed E-state index contributed by atoms with van der Waals surface area (Å²) in [5, 5.41) is 4.11. The van der Waals surface area contributed by atoms with Crippen LogP contribution in [-0.2, 0) is 16.2 Å². The largest absolute Gasteiger partial charge is 0.457 e. The SMILES string of the molecule is CC(C)(C)c1ccc(Oc2ccc(C3(c4ccc(C(C)(C)C)cc4)c4cc(N(c5ccccc5)c5ccccc5)c5c(oc6ccccc65)c4-c4c3cc(N(c3ccccc3)c3ccccc3)c3oc5ccccc5c43)cc2)cc1. The number of anilines is 6. The van der Waals surface area contributed by atoms with Gasteiger partial charge in [-0.05, 0) is 141 Å². The number of fused-ring (bicyclic) bond motifs is 11. The van der Waals surface area contributed by atoms with Crippen LogP contribution in [0.25, 0.3) is 55.0 Å². The molecule has 13 aromatic rings.